The van der Waals surface area contributed by atoms with Crippen molar-refractivity contribution in [3.05, 3.63) is 24.0 Å². The molecule has 0 aromatic carbocycles. The van der Waals surface area contributed by atoms with Crippen molar-refractivity contribution < 1.29 is 4.79 Å². The number of amides is 1. The number of carbonyl (C=O) groups is 1. The molecule has 0 fully saturated rings. The van der Waals surface area contributed by atoms with Crippen LogP contribution in [0.5, 0.6) is 0 Å². The lowest BCUT2D eigenvalue weighted by atomic mass is 9.90. The molecule has 0 saturated carbocycles. The van der Waals surface area contributed by atoms with Gasteiger partial charge in [-0.2, -0.15) is 0 Å². The number of nitrogens with one attached hydrogen (secondary N) is 2. The first-order chi connectivity index (χ1) is 8.00. The van der Waals surface area contributed by atoms with E-state index < -0.39 is 0 Å². The Labute approximate surface area is 103 Å². The fourth-order valence-electron chi connectivity index (χ4n) is 1.33. The minimum atomic E-state index is -0.0797. The molecule has 0 bridgehead atoms. The van der Waals surface area contributed by atoms with Gasteiger partial charge in [-0.25, -0.2) is 0 Å². The van der Waals surface area contributed by atoms with Gasteiger partial charge in [0.15, 0.2) is 0 Å². The number of carbonyl (C=O) groups excluding carboxylic acids is 1. The van der Waals surface area contributed by atoms with Gasteiger partial charge in [-0.05, 0) is 17.9 Å². The number of nitrogens with zero attached hydrogens (tertiary/aromatic N) is 1. The summed E-state index contributed by atoms with van der Waals surface area (Å²) in [6, 6.07) is 1.79. The summed E-state index contributed by atoms with van der Waals surface area (Å²) >= 11 is 0. The summed E-state index contributed by atoms with van der Waals surface area (Å²) in [5.41, 5.74) is 1.51. The molecule has 94 valence electrons. The molecule has 0 spiro atoms. The minimum Gasteiger partial charge on any atom is -0.387 e. The van der Waals surface area contributed by atoms with Crippen LogP contribution < -0.4 is 10.6 Å². The highest BCUT2D eigenvalue weighted by Gasteiger charge is 2.17. The molecule has 0 aliphatic carbocycles. The Hall–Kier alpha value is -1.58. The lowest BCUT2D eigenvalue weighted by Crippen LogP contribution is -2.34. The smallest absolute Gasteiger partial charge is 0.254 e. The van der Waals surface area contributed by atoms with Crippen molar-refractivity contribution >= 4 is 11.6 Å². The van der Waals surface area contributed by atoms with Gasteiger partial charge in [0.1, 0.15) is 0 Å². The second-order valence-corrected chi connectivity index (χ2v) is 4.87. The highest BCUT2D eigenvalue weighted by Crippen LogP contribution is 2.18. The maximum Gasteiger partial charge on any atom is 0.254 e. The van der Waals surface area contributed by atoms with Crippen molar-refractivity contribution in [3.63, 3.8) is 0 Å². The van der Waals surface area contributed by atoms with Crippen molar-refractivity contribution in [1.82, 2.24) is 10.3 Å². The summed E-state index contributed by atoms with van der Waals surface area (Å²) in [7, 11) is 1.79. The van der Waals surface area contributed by atoms with E-state index in [-0.39, 0.29) is 11.3 Å². The van der Waals surface area contributed by atoms with Gasteiger partial charge < -0.3 is 10.6 Å². The number of rotatable bonds is 5. The molecule has 0 atom stereocenters. The number of anilines is 1. The van der Waals surface area contributed by atoms with E-state index in [0.29, 0.717) is 12.1 Å². The van der Waals surface area contributed by atoms with Gasteiger partial charge in [0.25, 0.3) is 5.91 Å². The van der Waals surface area contributed by atoms with Gasteiger partial charge in [-0.1, -0.05) is 20.8 Å². The van der Waals surface area contributed by atoms with Crippen molar-refractivity contribution in [2.24, 2.45) is 5.41 Å². The van der Waals surface area contributed by atoms with Crippen LogP contribution >= 0.6 is 0 Å². The first-order valence-electron chi connectivity index (χ1n) is 5.90. The van der Waals surface area contributed by atoms with Crippen LogP contribution in [0.15, 0.2) is 18.5 Å². The normalized spacial score (nSPS) is 11.1. The summed E-state index contributed by atoms with van der Waals surface area (Å²) in [6.07, 6.45) is 4.28. The Morgan fingerprint density at radius 2 is 2.18 bits per heavy atom. The molecule has 1 aromatic rings. The van der Waals surface area contributed by atoms with E-state index in [2.05, 4.69) is 36.4 Å². The van der Waals surface area contributed by atoms with Crippen LogP contribution in [0.3, 0.4) is 0 Å². The number of hydrogen-bond acceptors (Lipinski definition) is 3. The van der Waals surface area contributed by atoms with Crippen LogP contribution in [0.2, 0.25) is 0 Å². The Morgan fingerprint density at radius 3 is 2.76 bits per heavy atom. The summed E-state index contributed by atoms with van der Waals surface area (Å²) < 4.78 is 0. The molecule has 0 unspecified atom stereocenters. The van der Waals surface area contributed by atoms with Crippen molar-refractivity contribution in [1.29, 1.82) is 0 Å². The Kier molecular flexibility index (Phi) is 4.49. The fourth-order valence-corrected chi connectivity index (χ4v) is 1.33. The first-order valence-corrected chi connectivity index (χ1v) is 5.90. The Balaban J connectivity index is 2.70. The highest BCUT2D eigenvalue weighted by atomic mass is 16.1. The highest BCUT2D eigenvalue weighted by molar-refractivity contribution is 5.99. The molecule has 0 aliphatic rings. The van der Waals surface area contributed by atoms with E-state index >= 15 is 0 Å². The van der Waals surface area contributed by atoms with Gasteiger partial charge >= 0.3 is 0 Å². The molecular weight excluding hydrogens is 214 g/mol. The molecular formula is C13H21N3O. The first kappa shape index (κ1) is 13.5. The van der Waals surface area contributed by atoms with E-state index in [1.165, 1.54) is 0 Å². The molecule has 17 heavy (non-hydrogen) atoms. The summed E-state index contributed by atoms with van der Waals surface area (Å²) in [6.45, 7) is 7.06. The average Bonchev–Trinajstić information content (AvgIpc) is 2.36. The molecule has 4 nitrogen and oxygen atoms in total. The second-order valence-electron chi connectivity index (χ2n) is 4.87. The maximum atomic E-state index is 12.0. The zero-order valence-corrected chi connectivity index (χ0v) is 11.0. The number of hydrogen-bond donors (Lipinski definition) is 2. The molecule has 0 radical (unpaired) electrons. The topological polar surface area (TPSA) is 54.0 Å². The molecule has 0 saturated heterocycles. The SMILES string of the molecule is CCC(C)(C)CNC(=O)c1cnccc1NC. The van der Waals surface area contributed by atoms with Crippen LogP contribution in [-0.2, 0) is 0 Å². The fraction of sp³-hybridized carbons (Fsp3) is 0.538. The average molecular weight is 235 g/mol. The third-order valence-corrected chi connectivity index (χ3v) is 3.02. The van der Waals surface area contributed by atoms with Crippen molar-refractivity contribution in [2.45, 2.75) is 27.2 Å². The van der Waals surface area contributed by atoms with Crippen LogP contribution in [0.4, 0.5) is 5.69 Å². The quantitative estimate of drug-likeness (QED) is 0.823. The monoisotopic (exact) mass is 235 g/mol. The second kappa shape index (κ2) is 5.66. The predicted octanol–water partition coefficient (Wildman–Crippen LogP) is 2.29. The van der Waals surface area contributed by atoms with E-state index in [1.807, 2.05) is 0 Å². The molecule has 1 aromatic heterocycles. The van der Waals surface area contributed by atoms with Gasteiger partial charge in [0.2, 0.25) is 0 Å². The molecule has 2 N–H and O–H groups in total. The van der Waals surface area contributed by atoms with Crippen LogP contribution in [0.25, 0.3) is 0 Å². The lowest BCUT2D eigenvalue weighted by Gasteiger charge is -2.23. The maximum absolute atomic E-state index is 12.0. The van der Waals surface area contributed by atoms with Gasteiger partial charge in [0, 0.05) is 31.7 Å². The van der Waals surface area contributed by atoms with Crippen molar-refractivity contribution in [3.8, 4) is 0 Å². The molecule has 1 amide bonds. The lowest BCUT2D eigenvalue weighted by molar-refractivity contribution is 0.0936. The summed E-state index contributed by atoms with van der Waals surface area (Å²) in [4.78, 5) is 16.0. The Bertz CT molecular complexity index is 388. The number of pyridine rings is 1. The van der Waals surface area contributed by atoms with Crippen molar-refractivity contribution in [2.75, 3.05) is 18.9 Å². The molecule has 1 rings (SSSR count). The standard InChI is InChI=1S/C13H21N3O/c1-5-13(2,3)9-16-12(17)10-8-15-7-6-11(10)14-4/h6-8H,5,9H2,1-4H3,(H,14,15)(H,16,17). The Morgan fingerprint density at radius 1 is 1.47 bits per heavy atom. The molecule has 0 aliphatic heterocycles. The predicted molar refractivity (Wildman–Crippen MR) is 70.2 cm³/mol. The zero-order valence-electron chi connectivity index (χ0n) is 11.0. The molecule has 1 heterocycles. The van der Waals surface area contributed by atoms with Crippen LogP contribution in [-0.4, -0.2) is 24.5 Å². The van der Waals surface area contributed by atoms with Crippen LogP contribution in [0.1, 0.15) is 37.6 Å². The van der Waals surface area contributed by atoms with E-state index in [0.717, 1.165) is 12.1 Å². The van der Waals surface area contributed by atoms with Gasteiger partial charge in [-0.3, -0.25) is 9.78 Å². The van der Waals surface area contributed by atoms with Gasteiger partial charge in [-0.15, -0.1) is 0 Å². The van der Waals surface area contributed by atoms with E-state index in [9.17, 15) is 4.79 Å². The third-order valence-electron chi connectivity index (χ3n) is 3.02. The largest absolute Gasteiger partial charge is 0.387 e. The van der Waals surface area contributed by atoms with Gasteiger partial charge in [0.05, 0.1) is 5.56 Å². The minimum absolute atomic E-state index is 0.0797. The molecule has 4 heteroatoms. The summed E-state index contributed by atoms with van der Waals surface area (Å²) in [5.74, 6) is -0.0797. The van der Waals surface area contributed by atoms with E-state index in [4.69, 9.17) is 0 Å². The third kappa shape index (κ3) is 3.73. The zero-order chi connectivity index (χ0) is 12.9. The van der Waals surface area contributed by atoms with Crippen LogP contribution in [0, 0.1) is 5.41 Å². The number of aromatic nitrogens is 1. The summed E-state index contributed by atoms with van der Waals surface area (Å²) in [5, 5.41) is 5.93. The van der Waals surface area contributed by atoms with E-state index in [1.54, 1.807) is 25.5 Å².